The Morgan fingerprint density at radius 1 is 0.638 bits per heavy atom. The summed E-state index contributed by atoms with van der Waals surface area (Å²) in [6.07, 6.45) is 2.86. The molecule has 0 bridgehead atoms. The quantitative estimate of drug-likeness (QED) is 0.0467. The fourth-order valence-electron chi connectivity index (χ4n) is 4.30. The molecule has 47 heavy (non-hydrogen) atoms. The zero-order chi connectivity index (χ0) is 34.1. The summed E-state index contributed by atoms with van der Waals surface area (Å²) in [5.41, 5.74) is 13.5. The molecule has 3 rings (SSSR count). The van der Waals surface area contributed by atoms with Gasteiger partial charge in [-0.2, -0.15) is 13.2 Å². The smallest absolute Gasteiger partial charge is 0.389 e. The molecule has 0 unspecified atom stereocenters. The van der Waals surface area contributed by atoms with E-state index in [-0.39, 0.29) is 18.6 Å². The minimum Gasteiger partial charge on any atom is -0.494 e. The highest BCUT2D eigenvalue weighted by atomic mass is 19.4. The van der Waals surface area contributed by atoms with E-state index in [1.165, 1.54) is 42.5 Å². The van der Waals surface area contributed by atoms with E-state index in [1.807, 2.05) is 0 Å². The van der Waals surface area contributed by atoms with Crippen molar-refractivity contribution in [1.29, 1.82) is 0 Å². The fourth-order valence-corrected chi connectivity index (χ4v) is 4.30. The lowest BCUT2D eigenvalue weighted by Gasteiger charge is -2.09. The minimum atomic E-state index is -4.22. The van der Waals surface area contributed by atoms with Crippen LogP contribution in [0.2, 0.25) is 0 Å². The number of carbonyl (C=O) groups is 3. The molecule has 0 saturated heterocycles. The summed E-state index contributed by atoms with van der Waals surface area (Å²) in [5.74, 6) is -0.867. The molecule has 0 amide bonds. The highest BCUT2D eigenvalue weighted by Gasteiger charge is 2.26. The third kappa shape index (κ3) is 14.8. The Balaban J connectivity index is 1.23. The highest BCUT2D eigenvalue weighted by Crippen LogP contribution is 2.22. The topological polar surface area (TPSA) is 140 Å². The van der Waals surface area contributed by atoms with Gasteiger partial charge in [-0.05, 0) is 85.5 Å². The summed E-state index contributed by atoms with van der Waals surface area (Å²) in [6.45, 7) is 0.542. The molecule has 3 aromatic rings. The van der Waals surface area contributed by atoms with Gasteiger partial charge < -0.3 is 30.4 Å². The normalized spacial score (nSPS) is 11.3. The summed E-state index contributed by atoms with van der Waals surface area (Å²) < 4.78 is 57.8. The molecule has 0 saturated carbocycles. The summed E-state index contributed by atoms with van der Waals surface area (Å²) in [6, 6.07) is 17.1. The van der Waals surface area contributed by atoms with Crippen molar-refractivity contribution >= 4 is 35.4 Å². The summed E-state index contributed by atoms with van der Waals surface area (Å²) >= 11 is 0. The maximum Gasteiger partial charge on any atom is 0.389 e. The van der Waals surface area contributed by atoms with Crippen LogP contribution >= 0.6 is 0 Å². The third-order valence-electron chi connectivity index (χ3n) is 6.70. The number of alkyl halides is 3. The Labute approximate surface area is 271 Å². The average molecular weight is 657 g/mol. The van der Waals surface area contributed by atoms with Crippen molar-refractivity contribution < 1.29 is 46.5 Å². The third-order valence-corrected chi connectivity index (χ3v) is 6.70. The number of benzene rings is 3. The fraction of sp³-hybridized carbons (Fsp3) is 0.343. The first-order valence-electron chi connectivity index (χ1n) is 15.3. The molecule has 0 aliphatic carbocycles. The van der Waals surface area contributed by atoms with Gasteiger partial charge in [0.25, 0.3) is 0 Å². The van der Waals surface area contributed by atoms with Crippen LogP contribution in [0.1, 0.15) is 77.6 Å². The van der Waals surface area contributed by atoms with Crippen molar-refractivity contribution in [3.8, 4) is 11.5 Å². The molecule has 0 heterocycles. The predicted octanol–water partition coefficient (Wildman–Crippen LogP) is 7.55. The lowest BCUT2D eigenvalue weighted by atomic mass is 10.1. The van der Waals surface area contributed by atoms with Crippen molar-refractivity contribution in [2.45, 2.75) is 57.5 Å². The molecule has 0 aliphatic heterocycles. The molecule has 0 fully saturated rings. The van der Waals surface area contributed by atoms with Crippen molar-refractivity contribution in [1.82, 2.24) is 0 Å². The Bertz CT molecular complexity index is 1450. The molecule has 0 spiro atoms. The number of halogens is 3. The van der Waals surface area contributed by atoms with Crippen LogP contribution in [-0.2, 0) is 14.3 Å². The van der Waals surface area contributed by atoms with E-state index in [0.717, 1.165) is 38.5 Å². The Morgan fingerprint density at radius 2 is 1.21 bits per heavy atom. The largest absolute Gasteiger partial charge is 0.494 e. The van der Waals surface area contributed by atoms with Crippen LogP contribution in [0.4, 0.5) is 24.5 Å². The number of rotatable bonds is 18. The van der Waals surface area contributed by atoms with Gasteiger partial charge in [0.2, 0.25) is 0 Å². The van der Waals surface area contributed by atoms with Crippen molar-refractivity contribution in [3.63, 3.8) is 0 Å². The second kappa shape index (κ2) is 18.8. The van der Waals surface area contributed by atoms with Crippen LogP contribution in [0.15, 0.2) is 72.8 Å². The van der Waals surface area contributed by atoms with Crippen LogP contribution < -0.4 is 20.9 Å². The van der Waals surface area contributed by atoms with Gasteiger partial charge in [-0.15, -0.1) is 0 Å². The van der Waals surface area contributed by atoms with E-state index >= 15 is 0 Å². The first-order valence-corrected chi connectivity index (χ1v) is 15.3. The molecule has 12 heteroatoms. The number of esters is 3. The second-order valence-electron chi connectivity index (χ2n) is 10.7. The van der Waals surface area contributed by atoms with Crippen molar-refractivity contribution in [2.75, 3.05) is 31.3 Å². The van der Waals surface area contributed by atoms with Crippen LogP contribution in [-0.4, -0.2) is 43.9 Å². The number of unbranched alkanes of at least 4 members (excludes halogenated alkanes) is 5. The molecular weight excluding hydrogens is 617 g/mol. The molecule has 3 aromatic carbocycles. The summed E-state index contributed by atoms with van der Waals surface area (Å²) in [4.78, 5) is 36.5. The predicted molar refractivity (Wildman–Crippen MR) is 172 cm³/mol. The van der Waals surface area contributed by atoms with E-state index < -0.39 is 30.5 Å². The highest BCUT2D eigenvalue weighted by molar-refractivity contribution is 5.92. The molecule has 0 aliphatic rings. The van der Waals surface area contributed by atoms with E-state index in [0.29, 0.717) is 47.2 Å². The number of hydrogen-bond acceptors (Lipinski definition) is 9. The maximum atomic E-state index is 12.4. The van der Waals surface area contributed by atoms with E-state index in [4.69, 9.17) is 30.4 Å². The minimum absolute atomic E-state index is 0.0866. The van der Waals surface area contributed by atoms with Gasteiger partial charge in [0, 0.05) is 23.9 Å². The van der Waals surface area contributed by atoms with Crippen LogP contribution in [0.5, 0.6) is 11.5 Å². The molecular formula is C35H39F3N2O7. The van der Waals surface area contributed by atoms with Gasteiger partial charge in [0.1, 0.15) is 11.5 Å². The maximum absolute atomic E-state index is 12.4. The summed E-state index contributed by atoms with van der Waals surface area (Å²) in [5, 5.41) is 0. The first-order chi connectivity index (χ1) is 22.5. The number of ether oxygens (including phenoxy) is 4. The zero-order valence-corrected chi connectivity index (χ0v) is 25.9. The van der Waals surface area contributed by atoms with Gasteiger partial charge in [0.05, 0.1) is 30.9 Å². The average Bonchev–Trinajstić information content (AvgIpc) is 3.03. The second-order valence-corrected chi connectivity index (χ2v) is 10.7. The number of nitrogen functional groups attached to an aromatic ring is 2. The van der Waals surface area contributed by atoms with Crippen LogP contribution in [0.25, 0.3) is 6.08 Å². The van der Waals surface area contributed by atoms with Gasteiger partial charge in [-0.25, -0.2) is 14.4 Å². The molecule has 252 valence electrons. The standard InChI is InChI=1S/C35H39F3N2O7/c36-35(37,38)18-7-21-44-30-15-11-26(12-16-30)34(43)47-31-13-8-25(9-14-31)10-17-32(41)45-19-5-3-1-2-4-6-20-46-33(42)27-22-28(39)24-29(40)23-27/h8-17,22-24H,1-7,18-21,39-40H2. The Kier molecular flexibility index (Phi) is 14.6. The Morgan fingerprint density at radius 3 is 1.83 bits per heavy atom. The molecule has 4 N–H and O–H groups in total. The van der Waals surface area contributed by atoms with Crippen molar-refractivity contribution in [2.24, 2.45) is 0 Å². The molecule has 0 aromatic heterocycles. The van der Waals surface area contributed by atoms with Crippen LogP contribution in [0.3, 0.4) is 0 Å². The number of anilines is 2. The van der Waals surface area contributed by atoms with Gasteiger partial charge in [0.15, 0.2) is 0 Å². The lowest BCUT2D eigenvalue weighted by molar-refractivity contribution is -0.138. The van der Waals surface area contributed by atoms with Crippen LogP contribution in [0, 0.1) is 0 Å². The van der Waals surface area contributed by atoms with E-state index in [1.54, 1.807) is 36.4 Å². The number of hydrogen-bond donors (Lipinski definition) is 2. The number of carbonyl (C=O) groups excluding carboxylic acids is 3. The van der Waals surface area contributed by atoms with Gasteiger partial charge in [-0.1, -0.05) is 37.8 Å². The van der Waals surface area contributed by atoms with Gasteiger partial charge in [-0.3, -0.25) is 0 Å². The van der Waals surface area contributed by atoms with Gasteiger partial charge >= 0.3 is 24.1 Å². The SMILES string of the molecule is Nc1cc(N)cc(C(=O)OCCCCCCCCOC(=O)C=Cc2ccc(OC(=O)c3ccc(OCCCC(F)(F)F)cc3)cc2)c1. The monoisotopic (exact) mass is 656 g/mol. The lowest BCUT2D eigenvalue weighted by Crippen LogP contribution is -2.10. The van der Waals surface area contributed by atoms with Crippen molar-refractivity contribution in [3.05, 3.63) is 89.5 Å². The van der Waals surface area contributed by atoms with E-state index in [2.05, 4.69) is 0 Å². The first kappa shape index (κ1) is 36.5. The molecule has 9 nitrogen and oxygen atoms in total. The van der Waals surface area contributed by atoms with E-state index in [9.17, 15) is 27.6 Å². The molecule has 0 atom stereocenters. The number of nitrogens with two attached hydrogens (primary N) is 2. The molecule has 0 radical (unpaired) electrons. The zero-order valence-electron chi connectivity index (χ0n) is 25.9. The summed E-state index contributed by atoms with van der Waals surface area (Å²) in [7, 11) is 0. The Hall–Kier alpha value is -5.00.